The number of ether oxygens (including phenoxy) is 1. The number of aromatic nitrogens is 5. The lowest BCUT2D eigenvalue weighted by molar-refractivity contribution is 0.102. The van der Waals surface area contributed by atoms with Crippen molar-refractivity contribution in [1.29, 1.82) is 0 Å². The molecule has 0 aliphatic carbocycles. The van der Waals surface area contributed by atoms with E-state index in [1.165, 1.54) is 0 Å². The van der Waals surface area contributed by atoms with Crippen LogP contribution in [0.1, 0.15) is 10.5 Å². The van der Waals surface area contributed by atoms with E-state index in [4.69, 9.17) is 4.74 Å². The van der Waals surface area contributed by atoms with E-state index >= 15 is 0 Å². The van der Waals surface area contributed by atoms with E-state index in [0.29, 0.717) is 24.4 Å². The van der Waals surface area contributed by atoms with Crippen LogP contribution in [0.25, 0.3) is 11.0 Å². The lowest BCUT2D eigenvalue weighted by Crippen LogP contribution is -2.37. The van der Waals surface area contributed by atoms with Gasteiger partial charge in [-0.25, -0.2) is 0 Å². The summed E-state index contributed by atoms with van der Waals surface area (Å²) in [4.78, 5) is 14.4. The van der Waals surface area contributed by atoms with Gasteiger partial charge in [0.1, 0.15) is 11.0 Å². The standard InChI is InChI=1S/C15H15N7O2/c23-15(16-10-1-2-11-13(9-10)19-21-18-11)12-3-4-14(20-17-12)22-5-7-24-8-6-22/h1-4,9H,5-8H2,(H,16,23)(H,18,19,21). The Morgan fingerprint density at radius 3 is 2.71 bits per heavy atom. The molecule has 0 radical (unpaired) electrons. The third-order valence-electron chi connectivity index (χ3n) is 3.79. The molecular weight excluding hydrogens is 310 g/mol. The van der Waals surface area contributed by atoms with Crippen LogP contribution in [-0.4, -0.2) is 57.8 Å². The number of hydrogen-bond acceptors (Lipinski definition) is 7. The maximum atomic E-state index is 12.3. The fourth-order valence-electron chi connectivity index (χ4n) is 2.52. The molecule has 9 nitrogen and oxygen atoms in total. The number of nitrogens with zero attached hydrogens (tertiary/aromatic N) is 5. The Balaban J connectivity index is 1.47. The summed E-state index contributed by atoms with van der Waals surface area (Å²) in [6.07, 6.45) is 0. The molecule has 1 fully saturated rings. The topological polar surface area (TPSA) is 109 Å². The first kappa shape index (κ1) is 14.5. The third-order valence-corrected chi connectivity index (χ3v) is 3.79. The molecule has 1 aromatic carbocycles. The third kappa shape index (κ3) is 2.88. The molecule has 1 aliphatic heterocycles. The Kier molecular flexibility index (Phi) is 3.75. The monoisotopic (exact) mass is 325 g/mol. The Hall–Kier alpha value is -3.07. The second kappa shape index (κ2) is 6.20. The number of carbonyl (C=O) groups is 1. The molecular formula is C15H15N7O2. The second-order valence-electron chi connectivity index (χ2n) is 5.36. The molecule has 2 N–H and O–H groups in total. The van der Waals surface area contributed by atoms with Gasteiger partial charge in [0.2, 0.25) is 0 Å². The van der Waals surface area contributed by atoms with Crippen LogP contribution < -0.4 is 10.2 Å². The van der Waals surface area contributed by atoms with E-state index in [0.717, 1.165) is 24.4 Å². The lowest BCUT2D eigenvalue weighted by atomic mass is 10.2. The number of H-pyrrole nitrogens is 1. The first-order chi connectivity index (χ1) is 11.8. The first-order valence-electron chi connectivity index (χ1n) is 7.58. The van der Waals surface area contributed by atoms with Crippen molar-refractivity contribution in [1.82, 2.24) is 25.6 Å². The van der Waals surface area contributed by atoms with Crippen molar-refractivity contribution in [2.24, 2.45) is 0 Å². The molecule has 24 heavy (non-hydrogen) atoms. The summed E-state index contributed by atoms with van der Waals surface area (Å²) in [7, 11) is 0. The zero-order chi connectivity index (χ0) is 16.4. The van der Waals surface area contributed by atoms with Crippen LogP contribution in [0.3, 0.4) is 0 Å². The quantitative estimate of drug-likeness (QED) is 0.734. The molecule has 122 valence electrons. The van der Waals surface area contributed by atoms with E-state index in [9.17, 15) is 4.79 Å². The van der Waals surface area contributed by atoms with Gasteiger partial charge < -0.3 is 15.0 Å². The van der Waals surface area contributed by atoms with Crippen molar-refractivity contribution >= 4 is 28.4 Å². The SMILES string of the molecule is O=C(Nc1ccc2n[nH]nc2c1)c1ccc(N2CCOCC2)nn1. The number of carbonyl (C=O) groups excluding carboxylic acids is 1. The van der Waals surface area contributed by atoms with E-state index in [-0.39, 0.29) is 11.6 Å². The number of hydrogen-bond donors (Lipinski definition) is 2. The average molecular weight is 325 g/mol. The van der Waals surface area contributed by atoms with Crippen LogP contribution in [0.4, 0.5) is 11.5 Å². The number of nitrogens with one attached hydrogen (secondary N) is 2. The highest BCUT2D eigenvalue weighted by Gasteiger charge is 2.15. The summed E-state index contributed by atoms with van der Waals surface area (Å²) in [5.74, 6) is 0.428. The highest BCUT2D eigenvalue weighted by molar-refractivity contribution is 6.03. The molecule has 1 saturated heterocycles. The van der Waals surface area contributed by atoms with Gasteiger partial charge in [-0.1, -0.05) is 0 Å². The minimum Gasteiger partial charge on any atom is -0.378 e. The van der Waals surface area contributed by atoms with Crippen molar-refractivity contribution < 1.29 is 9.53 Å². The van der Waals surface area contributed by atoms with Crippen LogP contribution in [0, 0.1) is 0 Å². The van der Waals surface area contributed by atoms with Crippen molar-refractivity contribution in [2.75, 3.05) is 36.5 Å². The van der Waals surface area contributed by atoms with Gasteiger partial charge in [-0.3, -0.25) is 4.79 Å². The van der Waals surface area contributed by atoms with Gasteiger partial charge in [0.05, 0.1) is 13.2 Å². The predicted molar refractivity (Wildman–Crippen MR) is 86.9 cm³/mol. The van der Waals surface area contributed by atoms with Gasteiger partial charge in [0.15, 0.2) is 11.5 Å². The van der Waals surface area contributed by atoms with Crippen LogP contribution in [0.2, 0.25) is 0 Å². The molecule has 0 spiro atoms. The summed E-state index contributed by atoms with van der Waals surface area (Å²) in [5, 5.41) is 21.4. The van der Waals surface area contributed by atoms with Gasteiger partial charge in [0, 0.05) is 18.8 Å². The number of amides is 1. The molecule has 0 saturated carbocycles. The summed E-state index contributed by atoms with van der Waals surface area (Å²) >= 11 is 0. The summed E-state index contributed by atoms with van der Waals surface area (Å²) in [5.41, 5.74) is 2.30. The minimum atomic E-state index is -0.320. The molecule has 0 bridgehead atoms. The maximum absolute atomic E-state index is 12.3. The Bertz CT molecular complexity index is 856. The average Bonchev–Trinajstić information content (AvgIpc) is 3.10. The van der Waals surface area contributed by atoms with Crippen molar-refractivity contribution in [2.45, 2.75) is 0 Å². The Morgan fingerprint density at radius 1 is 1.08 bits per heavy atom. The smallest absolute Gasteiger partial charge is 0.276 e. The van der Waals surface area contributed by atoms with Gasteiger partial charge in [0.25, 0.3) is 5.91 Å². The van der Waals surface area contributed by atoms with E-state index in [2.05, 4.69) is 35.8 Å². The van der Waals surface area contributed by atoms with Crippen LogP contribution >= 0.6 is 0 Å². The van der Waals surface area contributed by atoms with Gasteiger partial charge in [-0.15, -0.1) is 10.2 Å². The molecule has 0 unspecified atom stereocenters. The predicted octanol–water partition coefficient (Wildman–Crippen LogP) is 0.837. The Labute approximate surface area is 137 Å². The number of fused-ring (bicyclic) bond motifs is 1. The molecule has 1 aliphatic rings. The highest BCUT2D eigenvalue weighted by atomic mass is 16.5. The molecule has 3 heterocycles. The second-order valence-corrected chi connectivity index (χ2v) is 5.36. The fourth-order valence-corrected chi connectivity index (χ4v) is 2.52. The van der Waals surface area contributed by atoms with Crippen molar-refractivity contribution in [3.63, 3.8) is 0 Å². The van der Waals surface area contributed by atoms with Crippen LogP contribution in [0.15, 0.2) is 30.3 Å². The highest BCUT2D eigenvalue weighted by Crippen LogP contribution is 2.16. The van der Waals surface area contributed by atoms with Gasteiger partial charge in [-0.05, 0) is 30.3 Å². The number of aromatic amines is 1. The van der Waals surface area contributed by atoms with Gasteiger partial charge >= 0.3 is 0 Å². The van der Waals surface area contributed by atoms with E-state index in [1.54, 1.807) is 30.3 Å². The van der Waals surface area contributed by atoms with E-state index < -0.39 is 0 Å². The Morgan fingerprint density at radius 2 is 1.92 bits per heavy atom. The molecule has 1 amide bonds. The molecule has 2 aromatic heterocycles. The fraction of sp³-hybridized carbons (Fsp3) is 0.267. The van der Waals surface area contributed by atoms with Crippen molar-refractivity contribution in [3.8, 4) is 0 Å². The molecule has 4 rings (SSSR count). The lowest BCUT2D eigenvalue weighted by Gasteiger charge is -2.27. The number of benzene rings is 1. The zero-order valence-corrected chi connectivity index (χ0v) is 12.8. The molecule has 9 heteroatoms. The van der Waals surface area contributed by atoms with E-state index in [1.807, 2.05) is 0 Å². The van der Waals surface area contributed by atoms with Crippen LogP contribution in [-0.2, 0) is 4.74 Å². The summed E-state index contributed by atoms with van der Waals surface area (Å²) < 4.78 is 5.31. The van der Waals surface area contributed by atoms with Crippen molar-refractivity contribution in [3.05, 3.63) is 36.0 Å². The molecule has 3 aromatic rings. The maximum Gasteiger partial charge on any atom is 0.276 e. The number of anilines is 2. The summed E-state index contributed by atoms with van der Waals surface area (Å²) in [6, 6.07) is 8.75. The van der Waals surface area contributed by atoms with Gasteiger partial charge in [-0.2, -0.15) is 15.4 Å². The number of rotatable bonds is 3. The molecule has 0 atom stereocenters. The summed E-state index contributed by atoms with van der Waals surface area (Å²) in [6.45, 7) is 2.90. The van der Waals surface area contributed by atoms with Crippen LogP contribution in [0.5, 0.6) is 0 Å². The number of morpholine rings is 1. The largest absolute Gasteiger partial charge is 0.378 e. The zero-order valence-electron chi connectivity index (χ0n) is 12.8. The first-order valence-corrected chi connectivity index (χ1v) is 7.58. The normalized spacial score (nSPS) is 14.8. The minimum absolute atomic E-state index is 0.257.